The van der Waals surface area contributed by atoms with Gasteiger partial charge in [0.05, 0.1) is 0 Å². The van der Waals surface area contributed by atoms with Crippen LogP contribution in [0.5, 0.6) is 5.75 Å². The molecule has 0 unspecified atom stereocenters. The Morgan fingerprint density at radius 2 is 1.88 bits per heavy atom. The second kappa shape index (κ2) is 6.54. The maximum absolute atomic E-state index is 5.78. The standard InChI is InChI=1S/C14H23NO/c1-5-6-15-7-8-16-14-10-11(2)9-12(3)13(14)4/h9-10,15H,5-8H2,1-4H3. The van der Waals surface area contributed by atoms with Crippen molar-refractivity contribution in [3.8, 4) is 5.75 Å². The zero-order valence-corrected chi connectivity index (χ0v) is 10.9. The first-order valence-electron chi connectivity index (χ1n) is 6.06. The number of hydrogen-bond donors (Lipinski definition) is 1. The lowest BCUT2D eigenvalue weighted by molar-refractivity contribution is 0.312. The third-order valence-corrected chi connectivity index (χ3v) is 2.73. The van der Waals surface area contributed by atoms with E-state index in [9.17, 15) is 0 Å². The molecule has 0 spiro atoms. The molecule has 0 amide bonds. The smallest absolute Gasteiger partial charge is 0.122 e. The lowest BCUT2D eigenvalue weighted by atomic mass is 10.1. The van der Waals surface area contributed by atoms with Crippen LogP contribution in [0, 0.1) is 20.8 Å². The lowest BCUT2D eigenvalue weighted by Crippen LogP contribution is -2.21. The number of ether oxygens (including phenoxy) is 1. The lowest BCUT2D eigenvalue weighted by Gasteiger charge is -2.12. The Hall–Kier alpha value is -1.02. The van der Waals surface area contributed by atoms with Crippen LogP contribution in [0.1, 0.15) is 30.0 Å². The fourth-order valence-corrected chi connectivity index (χ4v) is 1.69. The van der Waals surface area contributed by atoms with Crippen LogP contribution < -0.4 is 10.1 Å². The molecule has 0 aliphatic carbocycles. The zero-order valence-electron chi connectivity index (χ0n) is 10.9. The molecule has 0 saturated carbocycles. The van der Waals surface area contributed by atoms with Gasteiger partial charge in [-0.15, -0.1) is 0 Å². The summed E-state index contributed by atoms with van der Waals surface area (Å²) < 4.78 is 5.78. The fraction of sp³-hybridized carbons (Fsp3) is 0.571. The first-order valence-corrected chi connectivity index (χ1v) is 6.06. The maximum Gasteiger partial charge on any atom is 0.122 e. The maximum atomic E-state index is 5.78. The molecule has 0 atom stereocenters. The minimum absolute atomic E-state index is 0.740. The summed E-state index contributed by atoms with van der Waals surface area (Å²) in [5, 5.41) is 3.33. The minimum Gasteiger partial charge on any atom is -0.492 e. The van der Waals surface area contributed by atoms with Crippen molar-refractivity contribution in [3.05, 3.63) is 28.8 Å². The molecule has 0 radical (unpaired) electrons. The van der Waals surface area contributed by atoms with Crippen LogP contribution >= 0.6 is 0 Å². The average Bonchev–Trinajstić information content (AvgIpc) is 2.24. The molecule has 1 rings (SSSR count). The minimum atomic E-state index is 0.740. The molecule has 16 heavy (non-hydrogen) atoms. The topological polar surface area (TPSA) is 21.3 Å². The molecule has 90 valence electrons. The second-order valence-corrected chi connectivity index (χ2v) is 4.30. The Morgan fingerprint density at radius 3 is 2.56 bits per heavy atom. The molecule has 0 heterocycles. The summed E-state index contributed by atoms with van der Waals surface area (Å²) in [4.78, 5) is 0. The van der Waals surface area contributed by atoms with Gasteiger partial charge >= 0.3 is 0 Å². The highest BCUT2D eigenvalue weighted by atomic mass is 16.5. The predicted molar refractivity (Wildman–Crippen MR) is 69.3 cm³/mol. The van der Waals surface area contributed by atoms with Gasteiger partial charge in [-0.3, -0.25) is 0 Å². The Morgan fingerprint density at radius 1 is 1.12 bits per heavy atom. The summed E-state index contributed by atoms with van der Waals surface area (Å²) >= 11 is 0. The largest absolute Gasteiger partial charge is 0.492 e. The van der Waals surface area contributed by atoms with Crippen LogP contribution in [-0.4, -0.2) is 19.7 Å². The van der Waals surface area contributed by atoms with Gasteiger partial charge in [0.1, 0.15) is 12.4 Å². The number of hydrogen-bond acceptors (Lipinski definition) is 2. The van der Waals surface area contributed by atoms with Crippen LogP contribution in [0.3, 0.4) is 0 Å². The number of aryl methyl sites for hydroxylation is 2. The van der Waals surface area contributed by atoms with Gasteiger partial charge in [0, 0.05) is 6.54 Å². The Balaban J connectivity index is 2.47. The van der Waals surface area contributed by atoms with Crippen molar-refractivity contribution in [2.75, 3.05) is 19.7 Å². The number of rotatable bonds is 6. The Bertz CT molecular complexity index is 334. The van der Waals surface area contributed by atoms with Gasteiger partial charge in [-0.1, -0.05) is 13.0 Å². The van der Waals surface area contributed by atoms with Crippen molar-refractivity contribution in [3.63, 3.8) is 0 Å². The van der Waals surface area contributed by atoms with E-state index in [4.69, 9.17) is 4.74 Å². The van der Waals surface area contributed by atoms with Gasteiger partial charge in [0.2, 0.25) is 0 Å². The van der Waals surface area contributed by atoms with Gasteiger partial charge in [-0.05, 0) is 56.5 Å². The van der Waals surface area contributed by atoms with E-state index in [-0.39, 0.29) is 0 Å². The van der Waals surface area contributed by atoms with E-state index in [2.05, 4.69) is 45.1 Å². The van der Waals surface area contributed by atoms with E-state index in [1.807, 2.05) is 0 Å². The summed E-state index contributed by atoms with van der Waals surface area (Å²) in [7, 11) is 0. The molecular weight excluding hydrogens is 198 g/mol. The molecule has 2 nitrogen and oxygen atoms in total. The fourth-order valence-electron chi connectivity index (χ4n) is 1.69. The zero-order chi connectivity index (χ0) is 12.0. The molecule has 0 bridgehead atoms. The normalized spacial score (nSPS) is 10.5. The SMILES string of the molecule is CCCNCCOc1cc(C)cc(C)c1C. The highest BCUT2D eigenvalue weighted by Crippen LogP contribution is 2.22. The molecule has 1 aromatic rings. The van der Waals surface area contributed by atoms with E-state index in [0.717, 1.165) is 25.4 Å². The first kappa shape index (κ1) is 13.0. The van der Waals surface area contributed by atoms with E-state index in [1.54, 1.807) is 0 Å². The van der Waals surface area contributed by atoms with E-state index in [1.165, 1.54) is 23.1 Å². The van der Waals surface area contributed by atoms with Gasteiger partial charge < -0.3 is 10.1 Å². The van der Waals surface area contributed by atoms with Gasteiger partial charge in [-0.2, -0.15) is 0 Å². The Kier molecular flexibility index (Phi) is 5.33. The van der Waals surface area contributed by atoms with E-state index in [0.29, 0.717) is 0 Å². The van der Waals surface area contributed by atoms with Crippen molar-refractivity contribution in [2.24, 2.45) is 0 Å². The molecule has 1 N–H and O–H groups in total. The molecular formula is C14H23NO. The van der Waals surface area contributed by atoms with Crippen LogP contribution in [0.25, 0.3) is 0 Å². The van der Waals surface area contributed by atoms with E-state index >= 15 is 0 Å². The second-order valence-electron chi connectivity index (χ2n) is 4.30. The molecule has 0 aliphatic heterocycles. The summed E-state index contributed by atoms with van der Waals surface area (Å²) in [6.07, 6.45) is 1.17. The van der Waals surface area contributed by atoms with E-state index < -0.39 is 0 Å². The molecule has 2 heteroatoms. The highest BCUT2D eigenvalue weighted by Gasteiger charge is 2.03. The molecule has 0 aromatic heterocycles. The van der Waals surface area contributed by atoms with Gasteiger partial charge in [0.15, 0.2) is 0 Å². The third-order valence-electron chi connectivity index (χ3n) is 2.73. The number of nitrogens with one attached hydrogen (secondary N) is 1. The van der Waals surface area contributed by atoms with Crippen molar-refractivity contribution < 1.29 is 4.74 Å². The number of benzene rings is 1. The summed E-state index contributed by atoms with van der Waals surface area (Å²) in [5.41, 5.74) is 3.82. The highest BCUT2D eigenvalue weighted by molar-refractivity contribution is 5.41. The first-order chi connectivity index (χ1) is 7.65. The van der Waals surface area contributed by atoms with Crippen molar-refractivity contribution in [1.29, 1.82) is 0 Å². The molecule has 0 saturated heterocycles. The van der Waals surface area contributed by atoms with Gasteiger partial charge in [-0.25, -0.2) is 0 Å². The molecule has 0 fully saturated rings. The predicted octanol–water partition coefficient (Wildman–Crippen LogP) is 2.99. The molecule has 1 aromatic carbocycles. The van der Waals surface area contributed by atoms with Gasteiger partial charge in [0.25, 0.3) is 0 Å². The monoisotopic (exact) mass is 221 g/mol. The van der Waals surface area contributed by atoms with Crippen molar-refractivity contribution in [2.45, 2.75) is 34.1 Å². The quantitative estimate of drug-likeness (QED) is 0.746. The summed E-state index contributed by atoms with van der Waals surface area (Å²) in [6.45, 7) is 11.2. The van der Waals surface area contributed by atoms with Crippen molar-refractivity contribution >= 4 is 0 Å². The summed E-state index contributed by atoms with van der Waals surface area (Å²) in [5.74, 6) is 1.02. The van der Waals surface area contributed by atoms with Crippen LogP contribution in [0.4, 0.5) is 0 Å². The summed E-state index contributed by atoms with van der Waals surface area (Å²) in [6, 6.07) is 4.31. The Labute approximate surface area is 99.0 Å². The third kappa shape index (κ3) is 3.86. The van der Waals surface area contributed by atoms with Crippen LogP contribution in [-0.2, 0) is 0 Å². The van der Waals surface area contributed by atoms with Crippen LogP contribution in [0.2, 0.25) is 0 Å². The average molecular weight is 221 g/mol. The van der Waals surface area contributed by atoms with Crippen LogP contribution in [0.15, 0.2) is 12.1 Å². The molecule has 0 aliphatic rings. The van der Waals surface area contributed by atoms with Crippen molar-refractivity contribution in [1.82, 2.24) is 5.32 Å².